The van der Waals surface area contributed by atoms with Crippen LogP contribution in [-0.4, -0.2) is 32.5 Å². The van der Waals surface area contributed by atoms with Crippen molar-refractivity contribution in [1.29, 1.82) is 0 Å². The molecule has 1 heterocycles. The van der Waals surface area contributed by atoms with Gasteiger partial charge in [0.05, 0.1) is 13.3 Å². The van der Waals surface area contributed by atoms with Crippen molar-refractivity contribution in [1.82, 2.24) is 5.32 Å². The molecule has 0 radical (unpaired) electrons. The summed E-state index contributed by atoms with van der Waals surface area (Å²) >= 11 is 0. The molecule has 0 saturated carbocycles. The molecule has 1 atom stereocenters. The lowest BCUT2D eigenvalue weighted by atomic mass is 10.1. The molecule has 3 heteroatoms. The van der Waals surface area contributed by atoms with Gasteiger partial charge in [0, 0.05) is 12.6 Å². The summed E-state index contributed by atoms with van der Waals surface area (Å²) in [7, 11) is 0. The standard InChI is InChI=1S/C8H16FNO/c9-4-2-5-10-8-3-1-6-11-7-8/h8,10H,1-7H2. The van der Waals surface area contributed by atoms with Crippen LogP contribution in [0.15, 0.2) is 0 Å². The van der Waals surface area contributed by atoms with E-state index in [4.69, 9.17) is 4.74 Å². The fourth-order valence-corrected chi connectivity index (χ4v) is 1.27. The molecule has 11 heavy (non-hydrogen) atoms. The molecular weight excluding hydrogens is 145 g/mol. The van der Waals surface area contributed by atoms with Crippen LogP contribution >= 0.6 is 0 Å². The summed E-state index contributed by atoms with van der Waals surface area (Å²) in [5.74, 6) is 0. The molecule has 0 aromatic rings. The van der Waals surface area contributed by atoms with Crippen molar-refractivity contribution in [3.63, 3.8) is 0 Å². The van der Waals surface area contributed by atoms with Crippen molar-refractivity contribution in [2.75, 3.05) is 26.4 Å². The van der Waals surface area contributed by atoms with Gasteiger partial charge in [0.15, 0.2) is 0 Å². The third kappa shape index (κ3) is 3.68. The number of nitrogens with one attached hydrogen (secondary N) is 1. The Hall–Kier alpha value is -0.150. The van der Waals surface area contributed by atoms with Gasteiger partial charge in [0.2, 0.25) is 0 Å². The largest absolute Gasteiger partial charge is 0.380 e. The number of halogens is 1. The van der Waals surface area contributed by atoms with E-state index in [2.05, 4.69) is 5.32 Å². The molecule has 0 aromatic carbocycles. The van der Waals surface area contributed by atoms with E-state index in [9.17, 15) is 4.39 Å². The first-order valence-corrected chi connectivity index (χ1v) is 4.30. The number of hydrogen-bond donors (Lipinski definition) is 1. The summed E-state index contributed by atoms with van der Waals surface area (Å²) in [4.78, 5) is 0. The van der Waals surface area contributed by atoms with E-state index < -0.39 is 0 Å². The fourth-order valence-electron chi connectivity index (χ4n) is 1.27. The molecule has 1 N–H and O–H groups in total. The lowest BCUT2D eigenvalue weighted by Crippen LogP contribution is -2.37. The van der Waals surface area contributed by atoms with Crippen LogP contribution in [0.25, 0.3) is 0 Å². The van der Waals surface area contributed by atoms with Crippen molar-refractivity contribution < 1.29 is 9.13 Å². The number of hydrogen-bond acceptors (Lipinski definition) is 2. The average Bonchev–Trinajstić information content (AvgIpc) is 2.07. The molecule has 1 aliphatic rings. The molecule has 1 unspecified atom stereocenters. The van der Waals surface area contributed by atoms with Crippen LogP contribution in [0.1, 0.15) is 19.3 Å². The minimum atomic E-state index is -0.222. The second-order valence-corrected chi connectivity index (χ2v) is 2.91. The van der Waals surface area contributed by atoms with Crippen LogP contribution in [-0.2, 0) is 4.74 Å². The Bertz CT molecular complexity index is 94.1. The lowest BCUT2D eigenvalue weighted by molar-refractivity contribution is 0.0703. The molecule has 66 valence electrons. The molecule has 1 fully saturated rings. The molecule has 1 saturated heterocycles. The van der Waals surface area contributed by atoms with Crippen LogP contribution in [0.2, 0.25) is 0 Å². The maximum absolute atomic E-state index is 11.7. The molecule has 0 bridgehead atoms. The van der Waals surface area contributed by atoms with Crippen LogP contribution < -0.4 is 5.32 Å². The normalized spacial score (nSPS) is 25.4. The quantitative estimate of drug-likeness (QED) is 0.624. The minimum absolute atomic E-state index is 0.222. The van der Waals surface area contributed by atoms with Gasteiger partial charge < -0.3 is 10.1 Å². The van der Waals surface area contributed by atoms with Gasteiger partial charge in [0.1, 0.15) is 0 Å². The predicted octanol–water partition coefficient (Wildman–Crippen LogP) is 1.11. The van der Waals surface area contributed by atoms with E-state index in [0.29, 0.717) is 12.5 Å². The third-order valence-electron chi connectivity index (χ3n) is 1.90. The predicted molar refractivity (Wildman–Crippen MR) is 42.4 cm³/mol. The maximum Gasteiger partial charge on any atom is 0.0906 e. The fraction of sp³-hybridized carbons (Fsp3) is 1.00. The van der Waals surface area contributed by atoms with Gasteiger partial charge in [-0.3, -0.25) is 4.39 Å². The van der Waals surface area contributed by atoms with Crippen molar-refractivity contribution in [3.05, 3.63) is 0 Å². The summed E-state index contributed by atoms with van der Waals surface area (Å²) in [6.07, 6.45) is 2.93. The topological polar surface area (TPSA) is 21.3 Å². The SMILES string of the molecule is FCCCNC1CCCOC1. The van der Waals surface area contributed by atoms with Gasteiger partial charge in [-0.2, -0.15) is 0 Å². The first kappa shape index (κ1) is 8.94. The molecule has 2 nitrogen and oxygen atoms in total. The van der Waals surface area contributed by atoms with E-state index in [1.807, 2.05) is 0 Å². The Labute approximate surface area is 67.1 Å². The average molecular weight is 161 g/mol. The zero-order valence-corrected chi connectivity index (χ0v) is 6.81. The lowest BCUT2D eigenvalue weighted by Gasteiger charge is -2.22. The number of rotatable bonds is 4. The van der Waals surface area contributed by atoms with Crippen LogP contribution in [0, 0.1) is 0 Å². The Morgan fingerprint density at radius 2 is 2.45 bits per heavy atom. The summed E-state index contributed by atoms with van der Waals surface area (Å²) in [6.45, 7) is 2.25. The maximum atomic E-state index is 11.7. The van der Waals surface area contributed by atoms with Gasteiger partial charge in [0.25, 0.3) is 0 Å². The molecular formula is C8H16FNO. The molecule has 1 aliphatic heterocycles. The van der Waals surface area contributed by atoms with Gasteiger partial charge in [-0.1, -0.05) is 0 Å². The van der Waals surface area contributed by atoms with Crippen molar-refractivity contribution >= 4 is 0 Å². The minimum Gasteiger partial charge on any atom is -0.380 e. The Balaban J connectivity index is 1.96. The summed E-state index contributed by atoms with van der Waals surface area (Å²) in [6, 6.07) is 0.468. The summed E-state index contributed by atoms with van der Waals surface area (Å²) in [5, 5.41) is 3.26. The molecule has 0 amide bonds. The zero-order chi connectivity index (χ0) is 7.94. The van der Waals surface area contributed by atoms with Crippen molar-refractivity contribution in [2.45, 2.75) is 25.3 Å². The monoisotopic (exact) mass is 161 g/mol. The van der Waals surface area contributed by atoms with E-state index in [1.165, 1.54) is 6.42 Å². The molecule has 0 spiro atoms. The Kier molecular flexibility index (Phi) is 4.47. The smallest absolute Gasteiger partial charge is 0.0906 e. The van der Waals surface area contributed by atoms with Gasteiger partial charge in [-0.05, 0) is 25.8 Å². The Morgan fingerprint density at radius 1 is 1.55 bits per heavy atom. The highest BCUT2D eigenvalue weighted by Gasteiger charge is 2.11. The first-order valence-electron chi connectivity index (χ1n) is 4.30. The highest BCUT2D eigenvalue weighted by Crippen LogP contribution is 2.05. The van der Waals surface area contributed by atoms with Crippen LogP contribution in [0.5, 0.6) is 0 Å². The number of ether oxygens (including phenoxy) is 1. The van der Waals surface area contributed by atoms with E-state index in [1.54, 1.807) is 0 Å². The second-order valence-electron chi connectivity index (χ2n) is 2.91. The zero-order valence-electron chi connectivity index (χ0n) is 6.81. The third-order valence-corrected chi connectivity index (χ3v) is 1.90. The highest BCUT2D eigenvalue weighted by molar-refractivity contribution is 4.69. The summed E-state index contributed by atoms with van der Waals surface area (Å²) < 4.78 is 16.9. The molecule has 0 aromatic heterocycles. The Morgan fingerprint density at radius 3 is 3.09 bits per heavy atom. The second kappa shape index (κ2) is 5.49. The van der Waals surface area contributed by atoms with Gasteiger partial charge in [-0.25, -0.2) is 0 Å². The van der Waals surface area contributed by atoms with Crippen LogP contribution in [0.3, 0.4) is 0 Å². The number of alkyl halides is 1. The van der Waals surface area contributed by atoms with Crippen LogP contribution in [0.4, 0.5) is 4.39 Å². The highest BCUT2D eigenvalue weighted by atomic mass is 19.1. The van der Waals surface area contributed by atoms with Crippen molar-refractivity contribution in [3.8, 4) is 0 Å². The van der Waals surface area contributed by atoms with E-state index in [0.717, 1.165) is 26.2 Å². The van der Waals surface area contributed by atoms with Crippen molar-refractivity contribution in [2.24, 2.45) is 0 Å². The first-order chi connectivity index (χ1) is 5.43. The van der Waals surface area contributed by atoms with Gasteiger partial charge in [-0.15, -0.1) is 0 Å². The molecule has 0 aliphatic carbocycles. The molecule has 1 rings (SSSR count). The summed E-state index contributed by atoms with van der Waals surface area (Å²) in [5.41, 5.74) is 0. The van der Waals surface area contributed by atoms with E-state index in [-0.39, 0.29) is 6.67 Å². The van der Waals surface area contributed by atoms with E-state index >= 15 is 0 Å². The van der Waals surface area contributed by atoms with Gasteiger partial charge >= 0.3 is 0 Å².